The molecule has 2 aromatic carbocycles. The van der Waals surface area contributed by atoms with Crippen LogP contribution in [0.5, 0.6) is 0 Å². The quantitative estimate of drug-likeness (QED) is 0.649. The van der Waals surface area contributed by atoms with Gasteiger partial charge in [0.2, 0.25) is 5.60 Å². The Balaban J connectivity index is 1.40. The van der Waals surface area contributed by atoms with Crippen molar-refractivity contribution in [2.75, 3.05) is 11.9 Å². The van der Waals surface area contributed by atoms with Crippen LogP contribution in [0.4, 0.5) is 5.69 Å². The number of ether oxygens (including phenoxy) is 1. The second-order valence-corrected chi connectivity index (χ2v) is 8.51. The van der Waals surface area contributed by atoms with Crippen molar-refractivity contribution in [3.05, 3.63) is 70.6 Å². The highest BCUT2D eigenvalue weighted by Crippen LogP contribution is 2.46. The van der Waals surface area contributed by atoms with E-state index in [9.17, 15) is 4.79 Å². The molecule has 1 aliphatic heterocycles. The third kappa shape index (κ3) is 2.81. The summed E-state index contributed by atoms with van der Waals surface area (Å²) in [5.41, 5.74) is 8.96. The normalized spacial score (nSPS) is 21.4. The van der Waals surface area contributed by atoms with E-state index < -0.39 is 5.60 Å². The van der Waals surface area contributed by atoms with Crippen molar-refractivity contribution >= 4 is 18.0 Å². The molecule has 31 heavy (non-hydrogen) atoms. The summed E-state index contributed by atoms with van der Waals surface area (Å²) in [5, 5.41) is 7.21. The Hall–Kier alpha value is -3.41. The zero-order chi connectivity index (χ0) is 20.8. The lowest BCUT2D eigenvalue weighted by Crippen LogP contribution is -2.33. The SMILES string of the molecule is O=CC1(c2cnoc2)CN=C(Nc2c3c(c(-c4ccccc4)c4c2CCC4)CCC3)O1. The summed E-state index contributed by atoms with van der Waals surface area (Å²) in [5.74, 6) is 0. The molecule has 1 aromatic heterocycles. The third-order valence-electron chi connectivity index (χ3n) is 6.78. The molecule has 156 valence electrons. The molecular weight excluding hydrogens is 390 g/mol. The molecule has 6 rings (SSSR count). The zero-order valence-corrected chi connectivity index (χ0v) is 17.2. The summed E-state index contributed by atoms with van der Waals surface area (Å²) in [6.07, 6.45) is 10.3. The Morgan fingerprint density at radius 2 is 1.68 bits per heavy atom. The zero-order valence-electron chi connectivity index (χ0n) is 17.2. The van der Waals surface area contributed by atoms with Crippen LogP contribution in [0.25, 0.3) is 11.1 Å². The Morgan fingerprint density at radius 1 is 0.968 bits per heavy atom. The summed E-state index contributed by atoms with van der Waals surface area (Å²) >= 11 is 0. The van der Waals surface area contributed by atoms with Gasteiger partial charge in [-0.1, -0.05) is 35.5 Å². The average molecular weight is 413 g/mol. The van der Waals surface area contributed by atoms with Gasteiger partial charge in [-0.15, -0.1) is 0 Å². The van der Waals surface area contributed by atoms with Gasteiger partial charge in [-0.05, 0) is 71.9 Å². The fourth-order valence-corrected chi connectivity index (χ4v) is 5.35. The third-order valence-corrected chi connectivity index (χ3v) is 6.78. The Labute approximate surface area is 180 Å². The van der Waals surface area contributed by atoms with E-state index in [1.165, 1.54) is 45.8 Å². The van der Waals surface area contributed by atoms with Crippen LogP contribution in [-0.4, -0.2) is 24.0 Å². The number of aliphatic imine (C=N–C) groups is 1. The first-order valence-electron chi connectivity index (χ1n) is 10.9. The van der Waals surface area contributed by atoms with Crippen LogP contribution in [0.1, 0.15) is 40.7 Å². The number of amidine groups is 1. The van der Waals surface area contributed by atoms with E-state index in [1.807, 2.05) is 0 Å². The van der Waals surface area contributed by atoms with Crippen molar-refractivity contribution in [3.63, 3.8) is 0 Å². The van der Waals surface area contributed by atoms with Crippen molar-refractivity contribution in [2.45, 2.75) is 44.1 Å². The number of carbonyl (C=O) groups excluding carboxylic acids is 1. The average Bonchev–Trinajstić information content (AvgIpc) is 3.61. The van der Waals surface area contributed by atoms with Gasteiger partial charge in [0.15, 0.2) is 6.29 Å². The topological polar surface area (TPSA) is 76.7 Å². The number of aldehydes is 1. The van der Waals surface area contributed by atoms with E-state index in [-0.39, 0.29) is 6.54 Å². The number of rotatable bonds is 4. The van der Waals surface area contributed by atoms with Crippen molar-refractivity contribution in [2.24, 2.45) is 4.99 Å². The van der Waals surface area contributed by atoms with Crippen LogP contribution < -0.4 is 5.32 Å². The Morgan fingerprint density at radius 3 is 2.32 bits per heavy atom. The standard InChI is InChI=1S/C25H23N3O3/c29-15-25(17-12-27-30-13-17)14-26-24(31-25)28-23-20-10-4-8-18(20)22(16-6-2-1-3-7-16)19-9-5-11-21(19)23/h1-3,6-7,12-13,15H,4-5,8-11,14H2,(H,26,28). The van der Waals surface area contributed by atoms with Gasteiger partial charge < -0.3 is 14.6 Å². The van der Waals surface area contributed by atoms with E-state index in [1.54, 1.807) is 0 Å². The van der Waals surface area contributed by atoms with E-state index in [4.69, 9.17) is 9.26 Å². The predicted octanol–water partition coefficient (Wildman–Crippen LogP) is 4.21. The van der Waals surface area contributed by atoms with E-state index in [0.29, 0.717) is 11.6 Å². The molecule has 0 radical (unpaired) electrons. The number of anilines is 1. The fourth-order valence-electron chi connectivity index (χ4n) is 5.35. The largest absolute Gasteiger partial charge is 0.444 e. The molecule has 1 atom stereocenters. The van der Waals surface area contributed by atoms with Crippen LogP contribution in [-0.2, 0) is 40.8 Å². The van der Waals surface area contributed by atoms with Crippen LogP contribution in [0.3, 0.4) is 0 Å². The highest BCUT2D eigenvalue weighted by Gasteiger charge is 2.42. The van der Waals surface area contributed by atoms with E-state index in [0.717, 1.165) is 50.5 Å². The van der Waals surface area contributed by atoms with Gasteiger partial charge in [0.25, 0.3) is 6.02 Å². The number of benzene rings is 2. The molecular formula is C25H23N3O3. The summed E-state index contributed by atoms with van der Waals surface area (Å²) < 4.78 is 11.0. The molecule has 0 saturated carbocycles. The first-order chi connectivity index (χ1) is 15.3. The molecule has 0 spiro atoms. The lowest BCUT2D eigenvalue weighted by atomic mass is 9.88. The molecule has 0 amide bonds. The highest BCUT2D eigenvalue weighted by molar-refractivity contribution is 5.96. The molecule has 2 heterocycles. The molecule has 0 bridgehead atoms. The number of hydrogen-bond acceptors (Lipinski definition) is 6. The molecule has 0 saturated heterocycles. The lowest BCUT2D eigenvalue weighted by molar-refractivity contribution is -0.121. The number of nitrogens with one attached hydrogen (secondary N) is 1. The minimum atomic E-state index is -1.17. The molecule has 0 fully saturated rings. The molecule has 3 aromatic rings. The lowest BCUT2D eigenvalue weighted by Gasteiger charge is -2.23. The molecule has 6 heteroatoms. The van der Waals surface area contributed by atoms with Crippen molar-refractivity contribution < 1.29 is 14.1 Å². The number of carbonyl (C=O) groups is 1. The maximum atomic E-state index is 11.9. The van der Waals surface area contributed by atoms with E-state index in [2.05, 4.69) is 45.8 Å². The number of fused-ring (bicyclic) bond motifs is 2. The molecule has 6 nitrogen and oxygen atoms in total. The number of hydrogen-bond donors (Lipinski definition) is 1. The molecule has 2 aliphatic carbocycles. The molecule has 1 N–H and O–H groups in total. The minimum Gasteiger partial charge on any atom is -0.444 e. The van der Waals surface area contributed by atoms with Gasteiger partial charge in [0.05, 0.1) is 18.3 Å². The molecule has 3 aliphatic rings. The summed E-state index contributed by atoms with van der Waals surface area (Å²) in [6.45, 7) is 0.215. The highest BCUT2D eigenvalue weighted by atomic mass is 16.5. The first kappa shape index (κ1) is 18.4. The van der Waals surface area contributed by atoms with Crippen LogP contribution >= 0.6 is 0 Å². The van der Waals surface area contributed by atoms with Gasteiger partial charge in [-0.3, -0.25) is 4.79 Å². The van der Waals surface area contributed by atoms with Gasteiger partial charge >= 0.3 is 0 Å². The summed E-state index contributed by atoms with van der Waals surface area (Å²) in [4.78, 5) is 16.4. The summed E-state index contributed by atoms with van der Waals surface area (Å²) in [6, 6.07) is 11.2. The van der Waals surface area contributed by atoms with Gasteiger partial charge in [0, 0.05) is 5.69 Å². The summed E-state index contributed by atoms with van der Waals surface area (Å²) in [7, 11) is 0. The van der Waals surface area contributed by atoms with Crippen LogP contribution in [0, 0.1) is 0 Å². The van der Waals surface area contributed by atoms with Crippen LogP contribution in [0.2, 0.25) is 0 Å². The predicted molar refractivity (Wildman–Crippen MR) is 117 cm³/mol. The number of nitrogens with zero attached hydrogens (tertiary/aromatic N) is 2. The van der Waals surface area contributed by atoms with Gasteiger partial charge in [-0.25, -0.2) is 4.99 Å². The van der Waals surface area contributed by atoms with Gasteiger partial charge in [-0.2, -0.15) is 0 Å². The second-order valence-electron chi connectivity index (χ2n) is 8.51. The first-order valence-corrected chi connectivity index (χ1v) is 10.9. The Kier molecular flexibility index (Phi) is 4.19. The monoisotopic (exact) mass is 413 g/mol. The van der Waals surface area contributed by atoms with Crippen molar-refractivity contribution in [1.29, 1.82) is 0 Å². The fraction of sp³-hybridized carbons (Fsp3) is 0.320. The minimum absolute atomic E-state index is 0.215. The molecule has 1 unspecified atom stereocenters. The maximum absolute atomic E-state index is 11.9. The van der Waals surface area contributed by atoms with Gasteiger partial charge in [0.1, 0.15) is 6.26 Å². The van der Waals surface area contributed by atoms with Crippen LogP contribution in [0.15, 0.2) is 52.3 Å². The maximum Gasteiger partial charge on any atom is 0.290 e. The Bertz CT molecular complexity index is 1150. The van der Waals surface area contributed by atoms with E-state index >= 15 is 0 Å². The van der Waals surface area contributed by atoms with Crippen molar-refractivity contribution in [1.82, 2.24) is 5.16 Å². The van der Waals surface area contributed by atoms with Crippen molar-refractivity contribution in [3.8, 4) is 11.1 Å². The second kappa shape index (κ2) is 7.08. The number of aromatic nitrogens is 1. The smallest absolute Gasteiger partial charge is 0.290 e.